The van der Waals surface area contributed by atoms with E-state index in [4.69, 9.17) is 28.9 Å². The molecule has 1 heterocycles. The summed E-state index contributed by atoms with van der Waals surface area (Å²) in [6.45, 7) is 2.61. The predicted molar refractivity (Wildman–Crippen MR) is 75.1 cm³/mol. The molecular formula is C13H15Cl2N3. The molecule has 1 aromatic carbocycles. The Kier molecular flexibility index (Phi) is 4.27. The first-order chi connectivity index (χ1) is 8.54. The minimum Gasteiger partial charge on any atom is -0.328 e. The lowest BCUT2D eigenvalue weighted by molar-refractivity contribution is 0.684. The van der Waals surface area contributed by atoms with Crippen LogP contribution in [0.25, 0.3) is 0 Å². The summed E-state index contributed by atoms with van der Waals surface area (Å²) in [5, 5.41) is 5.60. The number of hydrogen-bond donors (Lipinski definition) is 1. The molecule has 0 saturated heterocycles. The van der Waals surface area contributed by atoms with Crippen LogP contribution in [0.5, 0.6) is 0 Å². The maximum atomic E-state index is 6.12. The van der Waals surface area contributed by atoms with Gasteiger partial charge in [-0.2, -0.15) is 5.10 Å². The monoisotopic (exact) mass is 283 g/mol. The SMILES string of the molecule is CC(N)Cc1cnn(Cc2ccc(Cl)cc2Cl)c1. The van der Waals surface area contributed by atoms with Crippen LogP contribution < -0.4 is 5.73 Å². The van der Waals surface area contributed by atoms with Gasteiger partial charge in [0.2, 0.25) is 0 Å². The van der Waals surface area contributed by atoms with Crippen molar-refractivity contribution in [2.75, 3.05) is 0 Å². The molecular weight excluding hydrogens is 269 g/mol. The van der Waals surface area contributed by atoms with Gasteiger partial charge in [0.15, 0.2) is 0 Å². The summed E-state index contributed by atoms with van der Waals surface area (Å²) in [5.74, 6) is 0. The van der Waals surface area contributed by atoms with Crippen molar-refractivity contribution in [3.05, 3.63) is 51.8 Å². The van der Waals surface area contributed by atoms with Crippen LogP contribution in [0.4, 0.5) is 0 Å². The first-order valence-corrected chi connectivity index (χ1v) is 6.51. The van der Waals surface area contributed by atoms with Crippen LogP contribution in [0, 0.1) is 0 Å². The minimum absolute atomic E-state index is 0.141. The summed E-state index contributed by atoms with van der Waals surface area (Å²) in [4.78, 5) is 0. The molecule has 0 aliphatic heterocycles. The lowest BCUT2D eigenvalue weighted by atomic mass is 10.1. The maximum absolute atomic E-state index is 6.12. The van der Waals surface area contributed by atoms with Crippen molar-refractivity contribution in [1.29, 1.82) is 0 Å². The fourth-order valence-corrected chi connectivity index (χ4v) is 2.26. The van der Waals surface area contributed by atoms with Crippen molar-refractivity contribution in [1.82, 2.24) is 9.78 Å². The largest absolute Gasteiger partial charge is 0.328 e. The topological polar surface area (TPSA) is 43.8 Å². The molecule has 0 spiro atoms. The highest BCUT2D eigenvalue weighted by Gasteiger charge is 2.05. The summed E-state index contributed by atoms with van der Waals surface area (Å²) >= 11 is 12.0. The summed E-state index contributed by atoms with van der Waals surface area (Å²) < 4.78 is 1.85. The van der Waals surface area contributed by atoms with E-state index < -0.39 is 0 Å². The third-order valence-corrected chi connectivity index (χ3v) is 3.18. The molecule has 1 unspecified atom stereocenters. The maximum Gasteiger partial charge on any atom is 0.0674 e. The summed E-state index contributed by atoms with van der Waals surface area (Å²) in [5.41, 5.74) is 7.89. The molecule has 3 nitrogen and oxygen atoms in total. The summed E-state index contributed by atoms with van der Waals surface area (Å²) in [6, 6.07) is 5.62. The quantitative estimate of drug-likeness (QED) is 0.937. The normalized spacial score (nSPS) is 12.7. The van der Waals surface area contributed by atoms with Crippen LogP contribution in [-0.4, -0.2) is 15.8 Å². The van der Waals surface area contributed by atoms with Gasteiger partial charge < -0.3 is 5.73 Å². The van der Waals surface area contributed by atoms with Crippen LogP contribution in [0.15, 0.2) is 30.6 Å². The fraction of sp³-hybridized carbons (Fsp3) is 0.308. The van der Waals surface area contributed by atoms with Gasteiger partial charge in [0.1, 0.15) is 0 Å². The molecule has 1 aromatic heterocycles. The Bertz CT molecular complexity index is 535. The molecule has 0 saturated carbocycles. The van der Waals surface area contributed by atoms with E-state index in [-0.39, 0.29) is 6.04 Å². The first-order valence-electron chi connectivity index (χ1n) is 5.75. The van der Waals surface area contributed by atoms with Crippen molar-refractivity contribution in [2.45, 2.75) is 25.9 Å². The van der Waals surface area contributed by atoms with Crippen LogP contribution in [0.2, 0.25) is 10.0 Å². The van der Waals surface area contributed by atoms with Gasteiger partial charge in [-0.3, -0.25) is 4.68 Å². The molecule has 96 valence electrons. The number of hydrogen-bond acceptors (Lipinski definition) is 2. The Morgan fingerprint density at radius 1 is 1.39 bits per heavy atom. The zero-order valence-corrected chi connectivity index (χ0v) is 11.6. The lowest BCUT2D eigenvalue weighted by Crippen LogP contribution is -2.17. The van der Waals surface area contributed by atoms with Crippen molar-refractivity contribution in [3.63, 3.8) is 0 Å². The van der Waals surface area contributed by atoms with E-state index >= 15 is 0 Å². The highest BCUT2D eigenvalue weighted by atomic mass is 35.5. The molecule has 1 atom stereocenters. The Hall–Kier alpha value is -1.03. The van der Waals surface area contributed by atoms with E-state index in [1.807, 2.05) is 36.1 Å². The molecule has 0 radical (unpaired) electrons. The van der Waals surface area contributed by atoms with Gasteiger partial charge in [0.25, 0.3) is 0 Å². The second kappa shape index (κ2) is 5.74. The second-order valence-electron chi connectivity index (χ2n) is 4.46. The molecule has 0 aliphatic rings. The van der Waals surface area contributed by atoms with Crippen molar-refractivity contribution in [2.24, 2.45) is 5.73 Å². The molecule has 0 fully saturated rings. The van der Waals surface area contributed by atoms with Gasteiger partial charge in [-0.1, -0.05) is 29.3 Å². The molecule has 0 bridgehead atoms. The highest BCUT2D eigenvalue weighted by Crippen LogP contribution is 2.21. The van der Waals surface area contributed by atoms with Gasteiger partial charge in [0, 0.05) is 22.3 Å². The number of nitrogens with two attached hydrogens (primary N) is 1. The van der Waals surface area contributed by atoms with E-state index in [2.05, 4.69) is 5.10 Å². The van der Waals surface area contributed by atoms with Crippen molar-refractivity contribution >= 4 is 23.2 Å². The number of nitrogens with zero attached hydrogens (tertiary/aromatic N) is 2. The Morgan fingerprint density at radius 2 is 2.17 bits per heavy atom. The average molecular weight is 284 g/mol. The van der Waals surface area contributed by atoms with Crippen molar-refractivity contribution < 1.29 is 0 Å². The summed E-state index contributed by atoms with van der Waals surface area (Å²) in [7, 11) is 0. The molecule has 2 aromatic rings. The number of rotatable bonds is 4. The van der Waals surface area contributed by atoms with E-state index in [9.17, 15) is 0 Å². The van der Waals surface area contributed by atoms with Crippen LogP contribution in [0.3, 0.4) is 0 Å². The zero-order valence-electron chi connectivity index (χ0n) is 10.1. The van der Waals surface area contributed by atoms with Gasteiger partial charge >= 0.3 is 0 Å². The standard InChI is InChI=1S/C13H15Cl2N3/c1-9(16)4-10-6-17-18(7-10)8-11-2-3-12(14)5-13(11)15/h2-3,5-7,9H,4,8,16H2,1H3. The van der Waals surface area contributed by atoms with E-state index in [0.717, 1.165) is 17.5 Å². The Balaban J connectivity index is 2.11. The number of aromatic nitrogens is 2. The van der Waals surface area contributed by atoms with Gasteiger partial charge in [-0.25, -0.2) is 0 Å². The predicted octanol–water partition coefficient (Wildman–Crippen LogP) is 3.13. The van der Waals surface area contributed by atoms with Crippen LogP contribution in [-0.2, 0) is 13.0 Å². The molecule has 0 amide bonds. The molecule has 18 heavy (non-hydrogen) atoms. The lowest BCUT2D eigenvalue weighted by Gasteiger charge is -2.05. The number of benzene rings is 1. The molecule has 0 aliphatic carbocycles. The Labute approximate surface area is 117 Å². The smallest absolute Gasteiger partial charge is 0.0674 e. The van der Waals surface area contributed by atoms with E-state index in [0.29, 0.717) is 16.6 Å². The van der Waals surface area contributed by atoms with E-state index in [1.165, 1.54) is 0 Å². The number of halogens is 2. The van der Waals surface area contributed by atoms with Crippen LogP contribution in [0.1, 0.15) is 18.1 Å². The highest BCUT2D eigenvalue weighted by molar-refractivity contribution is 6.35. The molecule has 2 rings (SSSR count). The third kappa shape index (κ3) is 3.48. The van der Waals surface area contributed by atoms with Gasteiger partial charge in [-0.05, 0) is 36.6 Å². The molecule has 5 heteroatoms. The third-order valence-electron chi connectivity index (χ3n) is 2.59. The van der Waals surface area contributed by atoms with Gasteiger partial charge in [-0.15, -0.1) is 0 Å². The van der Waals surface area contributed by atoms with Crippen LogP contribution >= 0.6 is 23.2 Å². The fourth-order valence-electron chi connectivity index (χ4n) is 1.79. The second-order valence-corrected chi connectivity index (χ2v) is 5.31. The minimum atomic E-state index is 0.141. The van der Waals surface area contributed by atoms with Gasteiger partial charge in [0.05, 0.1) is 12.7 Å². The zero-order chi connectivity index (χ0) is 13.1. The Morgan fingerprint density at radius 3 is 2.83 bits per heavy atom. The van der Waals surface area contributed by atoms with Crippen molar-refractivity contribution in [3.8, 4) is 0 Å². The average Bonchev–Trinajstić information content (AvgIpc) is 2.69. The molecule has 2 N–H and O–H groups in total. The van der Waals surface area contributed by atoms with E-state index in [1.54, 1.807) is 6.07 Å². The first kappa shape index (κ1) is 13.4. The summed E-state index contributed by atoms with van der Waals surface area (Å²) in [6.07, 6.45) is 4.66.